The van der Waals surface area contributed by atoms with E-state index in [0.717, 1.165) is 21.1 Å². The number of rotatable bonds is 1. The Hall–Kier alpha value is -1.81. The predicted octanol–water partition coefficient (Wildman–Crippen LogP) is 8.02. The van der Waals surface area contributed by atoms with Gasteiger partial charge in [0.05, 0.1) is 28.5 Å². The third kappa shape index (κ3) is 2250. The minimum absolute atomic E-state index is 0. The molecule has 0 aromatic rings. The average Bonchev–Trinajstić information content (AvgIpc) is 3.12. The van der Waals surface area contributed by atoms with Crippen molar-refractivity contribution in [3.63, 3.8) is 0 Å². The minimum atomic E-state index is -2.96. The van der Waals surface area contributed by atoms with Gasteiger partial charge in [-0.2, -0.15) is 8.78 Å². The third-order valence-electron chi connectivity index (χ3n) is 1.22. The second-order valence-corrected chi connectivity index (χ2v) is 5.80. The number of halogens is 3. The zero-order valence-corrected chi connectivity index (χ0v) is 38.9. The van der Waals surface area contributed by atoms with Gasteiger partial charge in [0, 0.05) is 48.8 Å². The number of alkyl halides is 3. The van der Waals surface area contributed by atoms with Crippen LogP contribution in [0.2, 0.25) is 13.6 Å². The molecule has 53 heavy (non-hydrogen) atoms. The van der Waals surface area contributed by atoms with Crippen molar-refractivity contribution in [2.45, 2.75) is 145 Å². The number of ether oxygens (including phenoxy) is 4. The SMILES string of the molecule is C.CB(O)O.CB(O)O.CC.CC.CC.CC.CC.CC.CC(=O)O.CF.CO.COC(C)(F)F.COC(C)=O.COC(C)=O.COC(C)=S.[B]=NS. The number of carbonyl (C=O) groups excluding carboxylic acids is 2. The summed E-state index contributed by atoms with van der Waals surface area (Å²) in [4.78, 5) is 28.2. The molecule has 0 saturated carbocycles. The van der Waals surface area contributed by atoms with Crippen LogP contribution in [0.5, 0.6) is 0 Å². The Morgan fingerprint density at radius 3 is 0.717 bits per heavy atom. The summed E-state index contributed by atoms with van der Waals surface area (Å²) >= 11 is 7.67. The van der Waals surface area contributed by atoms with E-state index in [9.17, 15) is 22.8 Å². The molecule has 0 unspecified atom stereocenters. The monoisotopic (exact) mass is 835 g/mol. The van der Waals surface area contributed by atoms with Crippen molar-refractivity contribution in [3.05, 3.63) is 0 Å². The Kier molecular flexibility index (Phi) is 342. The fourth-order valence-electron chi connectivity index (χ4n) is 0. The summed E-state index contributed by atoms with van der Waals surface area (Å²) in [5.74, 6) is -1.32. The van der Waals surface area contributed by atoms with Gasteiger partial charge >= 0.3 is 57.0 Å². The van der Waals surface area contributed by atoms with Gasteiger partial charge in [-0.05, 0) is 25.9 Å². The Morgan fingerprint density at radius 2 is 0.717 bits per heavy atom. The number of methoxy groups -OCH3 is 4. The zero-order valence-electron chi connectivity index (χ0n) is 37.2. The van der Waals surface area contributed by atoms with Gasteiger partial charge in [-0.15, -0.1) is 0 Å². The Bertz CT molecular complexity index is 477. The van der Waals surface area contributed by atoms with Gasteiger partial charge in [0.15, 0.2) is 5.05 Å². The molecule has 22 heteroatoms. The molecule has 335 valence electrons. The van der Waals surface area contributed by atoms with Crippen LogP contribution in [0.4, 0.5) is 13.2 Å². The summed E-state index contributed by atoms with van der Waals surface area (Å²) in [5, 5.41) is 45.4. The van der Waals surface area contributed by atoms with Crippen molar-refractivity contribution in [2.75, 3.05) is 42.7 Å². The van der Waals surface area contributed by atoms with E-state index in [-0.39, 0.29) is 19.4 Å². The van der Waals surface area contributed by atoms with Crippen LogP contribution >= 0.6 is 25.0 Å². The quantitative estimate of drug-likeness (QED) is 0.0576. The molecule has 0 spiro atoms. The molecule has 0 heterocycles. The molecule has 0 saturated heterocycles. The normalized spacial score (nSPS) is 5.91. The number of carboxylic acid groups (broad SMARTS) is 1. The molecule has 0 aromatic carbocycles. The van der Waals surface area contributed by atoms with Gasteiger partial charge < -0.3 is 49.3 Å². The molecule has 0 rings (SSSR count). The molecule has 0 bridgehead atoms. The molecule has 0 fully saturated rings. The summed E-state index contributed by atoms with van der Waals surface area (Å²) in [6.07, 6.45) is -2.96. The first-order valence-corrected chi connectivity index (χ1v) is 16.6. The number of esters is 2. The van der Waals surface area contributed by atoms with E-state index >= 15 is 0 Å². The van der Waals surface area contributed by atoms with Crippen LogP contribution < -0.4 is 0 Å². The topological polar surface area (TPSA) is 222 Å². The molecule has 0 aliphatic carbocycles. The Morgan fingerprint density at radius 1 is 0.660 bits per heavy atom. The van der Waals surface area contributed by atoms with Crippen LogP contribution in [-0.4, -0.2) is 124 Å². The molecule has 0 aliphatic rings. The summed E-state index contributed by atoms with van der Waals surface area (Å²) in [7, 11) is 8.72. The predicted molar refractivity (Wildman–Crippen MR) is 231 cm³/mol. The molecular formula is C31H86B3F3NO13S2. The number of carboxylic acids is 1. The number of aliphatic hydroxyl groups is 1. The number of aliphatic carboxylic acids is 1. The van der Waals surface area contributed by atoms with Crippen molar-refractivity contribution in [1.82, 2.24) is 0 Å². The summed E-state index contributed by atoms with van der Waals surface area (Å²) in [5.41, 5.74) is 0. The van der Waals surface area contributed by atoms with Crippen LogP contribution in [0.3, 0.4) is 0 Å². The molecule has 0 amide bonds. The second-order valence-electron chi connectivity index (χ2n) is 5.00. The van der Waals surface area contributed by atoms with Gasteiger partial charge in [0.25, 0.3) is 5.97 Å². The fourth-order valence-corrected chi connectivity index (χ4v) is 0. The van der Waals surface area contributed by atoms with E-state index < -0.39 is 26.3 Å². The van der Waals surface area contributed by atoms with Crippen LogP contribution in [0.15, 0.2) is 4.30 Å². The van der Waals surface area contributed by atoms with Gasteiger partial charge in [-0.3, -0.25) is 18.8 Å². The van der Waals surface area contributed by atoms with Crippen molar-refractivity contribution < 1.29 is 76.8 Å². The molecule has 6 N–H and O–H groups in total. The fraction of sp³-hybridized carbons (Fsp3) is 0.871. The maximum absolute atomic E-state index is 11.2. The van der Waals surface area contributed by atoms with Crippen molar-refractivity contribution >= 4 is 69.9 Å². The molecule has 14 nitrogen and oxygen atoms in total. The second kappa shape index (κ2) is 164. The summed E-state index contributed by atoms with van der Waals surface area (Å²) in [6, 6.07) is 0. The number of thiocarbonyl (C=S) groups is 1. The van der Waals surface area contributed by atoms with Gasteiger partial charge in [-0.1, -0.05) is 90.5 Å². The summed E-state index contributed by atoms with van der Waals surface area (Å²) in [6.45, 7) is 32.8. The van der Waals surface area contributed by atoms with E-state index in [0.29, 0.717) is 19.2 Å². The summed E-state index contributed by atoms with van der Waals surface area (Å²) < 4.78 is 51.0. The molecule has 0 aliphatic heterocycles. The number of carbonyl (C=O) groups is 3. The average molecular weight is 835 g/mol. The van der Waals surface area contributed by atoms with Crippen molar-refractivity contribution in [2.24, 2.45) is 4.30 Å². The van der Waals surface area contributed by atoms with Crippen molar-refractivity contribution in [1.29, 1.82) is 0 Å². The number of hydrogen-bond donors (Lipinski definition) is 7. The Labute approximate surface area is 337 Å². The standard InChI is InChI=1S/C3H6F2O.2C3H6O2.C3H6OS.C2H4O2.6C2H6.2CH5BO2.CH3F.CH4O.CH4.BHNS/c1-3(4,5)6-2;2*1-3(4)5-2;1-3(5)4-2;1-2(3)4;6*1-2;2*1-2(3)4;2*1-2;;1-2-3/h1-2H3;3*1-2H3;1H3,(H,3,4);6*1-2H3;2*3-4H,1H3;1H3;2H,1H3;1H4;3H. The maximum atomic E-state index is 11.2. The molecule has 0 aromatic heterocycles. The number of nitrogens with zero attached hydrogens (tertiary/aromatic N) is 1. The number of thiol groups is 1. The zero-order chi connectivity index (χ0) is 47.5. The van der Waals surface area contributed by atoms with E-state index in [2.05, 4.69) is 55.9 Å². The van der Waals surface area contributed by atoms with E-state index in [1.54, 1.807) is 14.0 Å². The Balaban J connectivity index is -0.0000000177. The molecule has 1 radical (unpaired) electrons. The number of aliphatic hydroxyl groups excluding tert-OH is 1. The van der Waals surface area contributed by atoms with Gasteiger partial charge in [-0.25, -0.2) is 0 Å². The first-order chi connectivity index (χ1) is 24.0. The molecular weight excluding hydrogens is 748 g/mol. The van der Waals surface area contributed by atoms with E-state index in [1.807, 2.05) is 83.1 Å². The van der Waals surface area contributed by atoms with Gasteiger partial charge in [0.2, 0.25) is 0 Å². The van der Waals surface area contributed by atoms with Crippen LogP contribution in [0.25, 0.3) is 0 Å². The van der Waals surface area contributed by atoms with Crippen molar-refractivity contribution in [3.8, 4) is 0 Å². The third-order valence-corrected chi connectivity index (χ3v) is 1.39. The first kappa shape index (κ1) is 110. The van der Waals surface area contributed by atoms with Crippen LogP contribution in [0.1, 0.15) is 125 Å². The first-order valence-electron chi connectivity index (χ1n) is 15.8. The van der Waals surface area contributed by atoms with Crippen LogP contribution in [-0.2, 0) is 33.3 Å². The number of hydrogen-bond acceptors (Lipinski definition) is 15. The molecule has 0 atom stereocenters. The van der Waals surface area contributed by atoms with Crippen LogP contribution in [0, 0.1) is 0 Å². The van der Waals surface area contributed by atoms with E-state index in [1.165, 1.54) is 41.7 Å². The van der Waals surface area contributed by atoms with E-state index in [4.69, 9.17) is 35.1 Å². The van der Waals surface area contributed by atoms with Gasteiger partial charge in [0.1, 0.15) is 0 Å².